The second kappa shape index (κ2) is 12.9. The SMILES string of the molecule is c1ccc2c(C3CCCC3)c3c(c(C4CCCC4)c2c1)Cc1c(c(C2CCCC2)c(C2CCCC2)c(C2CCCC2)c1C1CCCC1)C3. The maximum atomic E-state index is 2.58. The summed E-state index contributed by atoms with van der Waals surface area (Å²) in [6.07, 6.45) is 37.5. The molecule has 0 bridgehead atoms. The molecule has 254 valence electrons. The molecule has 7 aliphatic rings. The first-order valence-electron chi connectivity index (χ1n) is 21.6. The van der Waals surface area contributed by atoms with Gasteiger partial charge in [-0.2, -0.15) is 0 Å². The van der Waals surface area contributed by atoms with E-state index < -0.39 is 0 Å². The molecule has 0 N–H and O–H groups in total. The third-order valence-corrected chi connectivity index (χ3v) is 15.7. The van der Waals surface area contributed by atoms with Gasteiger partial charge < -0.3 is 0 Å². The molecule has 3 aromatic rings. The summed E-state index contributed by atoms with van der Waals surface area (Å²) in [7, 11) is 0. The number of benzene rings is 3. The standard InChI is InChI=1S/C48H62/c1-2-16-31(15-1)43-37-27-13-14-28-38(37)44(32-17-3-4-18-32)40-30-42-41(29-39(40)43)45(33-19-5-6-20-33)47(35-23-9-10-24-35)48(36-25-11-12-26-36)46(42)34-21-7-8-22-34/h13-14,27-28,31-36H,1-12,15-26,29-30H2. The van der Waals surface area contributed by atoms with Crippen molar-refractivity contribution in [2.45, 2.75) is 202 Å². The Bertz CT molecular complexity index is 1530. The Balaban J connectivity index is 1.29. The highest BCUT2D eigenvalue weighted by molar-refractivity contribution is 5.93. The summed E-state index contributed by atoms with van der Waals surface area (Å²) in [6.45, 7) is 0. The topological polar surface area (TPSA) is 0 Å². The van der Waals surface area contributed by atoms with Crippen LogP contribution in [-0.2, 0) is 12.8 Å². The van der Waals surface area contributed by atoms with Crippen molar-refractivity contribution in [2.24, 2.45) is 0 Å². The van der Waals surface area contributed by atoms with E-state index in [2.05, 4.69) is 24.3 Å². The van der Waals surface area contributed by atoms with Crippen LogP contribution in [0.25, 0.3) is 10.8 Å². The van der Waals surface area contributed by atoms with Gasteiger partial charge in [0.2, 0.25) is 0 Å². The molecule has 0 aliphatic heterocycles. The highest BCUT2D eigenvalue weighted by Crippen LogP contribution is 2.57. The molecule has 3 aromatic carbocycles. The minimum atomic E-state index is 0.777. The van der Waals surface area contributed by atoms with Crippen molar-refractivity contribution >= 4 is 10.8 Å². The lowest BCUT2D eigenvalue weighted by molar-refractivity contribution is 0.598. The predicted molar refractivity (Wildman–Crippen MR) is 203 cm³/mol. The van der Waals surface area contributed by atoms with Gasteiger partial charge in [-0.05, 0) is 192 Å². The fourth-order valence-electron chi connectivity index (χ4n) is 13.7. The summed E-state index contributed by atoms with van der Waals surface area (Å²) < 4.78 is 0. The van der Waals surface area contributed by atoms with Gasteiger partial charge in [0, 0.05) is 0 Å². The molecule has 0 unspecified atom stereocenters. The van der Waals surface area contributed by atoms with Gasteiger partial charge in [0.25, 0.3) is 0 Å². The van der Waals surface area contributed by atoms with E-state index >= 15 is 0 Å². The molecule has 0 saturated heterocycles. The van der Waals surface area contributed by atoms with Crippen LogP contribution in [0.4, 0.5) is 0 Å². The molecule has 0 aromatic heterocycles. The van der Waals surface area contributed by atoms with Crippen molar-refractivity contribution in [1.29, 1.82) is 0 Å². The monoisotopic (exact) mass is 638 g/mol. The van der Waals surface area contributed by atoms with Gasteiger partial charge in [0.15, 0.2) is 0 Å². The van der Waals surface area contributed by atoms with Crippen molar-refractivity contribution in [3.8, 4) is 0 Å². The number of hydrogen-bond donors (Lipinski definition) is 0. The number of rotatable bonds is 6. The van der Waals surface area contributed by atoms with Crippen LogP contribution in [0.2, 0.25) is 0 Å². The van der Waals surface area contributed by atoms with Crippen LogP contribution in [-0.4, -0.2) is 0 Å². The summed E-state index contributed by atoms with van der Waals surface area (Å²) in [5, 5.41) is 3.34. The van der Waals surface area contributed by atoms with Crippen molar-refractivity contribution in [3.05, 3.63) is 79.9 Å². The highest BCUT2D eigenvalue weighted by atomic mass is 14.5. The lowest BCUT2D eigenvalue weighted by Gasteiger charge is -2.39. The lowest BCUT2D eigenvalue weighted by Crippen LogP contribution is -2.25. The average molecular weight is 639 g/mol. The summed E-state index contributed by atoms with van der Waals surface area (Å²) in [6, 6.07) is 9.92. The molecule has 7 aliphatic carbocycles. The van der Waals surface area contributed by atoms with Gasteiger partial charge in [-0.1, -0.05) is 101 Å². The van der Waals surface area contributed by atoms with Gasteiger partial charge in [-0.3, -0.25) is 0 Å². The molecule has 0 amide bonds. The molecule has 0 radical (unpaired) electrons. The first-order valence-corrected chi connectivity index (χ1v) is 21.6. The quantitative estimate of drug-likeness (QED) is 0.197. The number of hydrogen-bond acceptors (Lipinski definition) is 0. The van der Waals surface area contributed by atoms with Gasteiger partial charge in [-0.15, -0.1) is 0 Å². The molecule has 0 spiro atoms. The molecule has 0 atom stereocenters. The average Bonchev–Trinajstić information content (AvgIpc) is 3.97. The van der Waals surface area contributed by atoms with Gasteiger partial charge in [0.05, 0.1) is 0 Å². The van der Waals surface area contributed by atoms with Gasteiger partial charge in [0.1, 0.15) is 0 Å². The van der Waals surface area contributed by atoms with E-state index in [1.165, 1.54) is 167 Å². The Hall–Kier alpha value is -2.08. The largest absolute Gasteiger partial charge is 0.0616 e. The van der Waals surface area contributed by atoms with E-state index in [-0.39, 0.29) is 0 Å². The van der Waals surface area contributed by atoms with Crippen molar-refractivity contribution in [2.75, 3.05) is 0 Å². The van der Waals surface area contributed by atoms with Crippen molar-refractivity contribution in [1.82, 2.24) is 0 Å². The third kappa shape index (κ3) is 5.02. The van der Waals surface area contributed by atoms with Crippen LogP contribution in [0.5, 0.6) is 0 Å². The van der Waals surface area contributed by atoms with E-state index in [9.17, 15) is 0 Å². The zero-order chi connectivity index (χ0) is 31.6. The second-order valence-corrected chi connectivity index (χ2v) is 18.2. The summed E-state index contributed by atoms with van der Waals surface area (Å²) in [4.78, 5) is 0. The van der Waals surface area contributed by atoms with Crippen LogP contribution < -0.4 is 0 Å². The molecule has 0 heteroatoms. The first kappa shape index (κ1) is 30.7. The van der Waals surface area contributed by atoms with Crippen LogP contribution >= 0.6 is 0 Å². The van der Waals surface area contributed by atoms with E-state index in [0.29, 0.717) is 0 Å². The zero-order valence-electron chi connectivity index (χ0n) is 30.2. The molecule has 0 heterocycles. The van der Waals surface area contributed by atoms with Crippen molar-refractivity contribution in [3.63, 3.8) is 0 Å². The summed E-state index contributed by atoms with van der Waals surface area (Å²) >= 11 is 0. The number of fused-ring (bicyclic) bond motifs is 3. The Morgan fingerprint density at radius 1 is 0.271 bits per heavy atom. The van der Waals surface area contributed by atoms with Crippen LogP contribution in [0.3, 0.4) is 0 Å². The summed E-state index contributed by atoms with van der Waals surface area (Å²) in [5.74, 6) is 4.92. The van der Waals surface area contributed by atoms with Crippen molar-refractivity contribution < 1.29 is 0 Å². The molecule has 6 fully saturated rings. The molecule has 0 nitrogen and oxygen atoms in total. The van der Waals surface area contributed by atoms with E-state index in [1.54, 1.807) is 10.8 Å². The Morgan fingerprint density at radius 3 is 0.792 bits per heavy atom. The molecule has 10 rings (SSSR count). The maximum Gasteiger partial charge on any atom is -0.00139 e. The van der Waals surface area contributed by atoms with Crippen LogP contribution in [0, 0.1) is 0 Å². The predicted octanol–water partition coefficient (Wildman–Crippen LogP) is 14.3. The van der Waals surface area contributed by atoms with Crippen LogP contribution in [0.1, 0.15) is 245 Å². The van der Waals surface area contributed by atoms with E-state index in [4.69, 9.17) is 0 Å². The van der Waals surface area contributed by atoms with E-state index in [0.717, 1.165) is 35.5 Å². The fourth-order valence-corrected chi connectivity index (χ4v) is 13.7. The fraction of sp³-hybridized carbons (Fsp3) is 0.667. The maximum absolute atomic E-state index is 2.58. The minimum Gasteiger partial charge on any atom is -0.0616 e. The van der Waals surface area contributed by atoms with Crippen LogP contribution in [0.15, 0.2) is 24.3 Å². The Kier molecular flexibility index (Phi) is 8.26. The smallest absolute Gasteiger partial charge is 0.00139 e. The minimum absolute atomic E-state index is 0.777. The molecular formula is C48H62. The van der Waals surface area contributed by atoms with Gasteiger partial charge >= 0.3 is 0 Å². The lowest BCUT2D eigenvalue weighted by atomic mass is 9.65. The zero-order valence-corrected chi connectivity index (χ0v) is 30.2. The molecular weight excluding hydrogens is 577 g/mol. The molecule has 6 saturated carbocycles. The highest BCUT2D eigenvalue weighted by Gasteiger charge is 2.41. The van der Waals surface area contributed by atoms with E-state index in [1.807, 2.05) is 55.6 Å². The Labute approximate surface area is 292 Å². The molecule has 48 heavy (non-hydrogen) atoms. The Morgan fingerprint density at radius 2 is 0.500 bits per heavy atom. The van der Waals surface area contributed by atoms with Gasteiger partial charge in [-0.25, -0.2) is 0 Å². The first-order chi connectivity index (χ1) is 23.8. The third-order valence-electron chi connectivity index (χ3n) is 15.7. The normalized spacial score (nSPS) is 24.9. The summed E-state index contributed by atoms with van der Waals surface area (Å²) in [5.41, 5.74) is 19.3. The second-order valence-electron chi connectivity index (χ2n) is 18.2.